The number of nitro groups is 1. The highest BCUT2D eigenvalue weighted by Gasteiger charge is 2.11. The van der Waals surface area contributed by atoms with Crippen LogP contribution in [0.15, 0.2) is 42.5 Å². The third-order valence-corrected chi connectivity index (χ3v) is 2.61. The Hall–Kier alpha value is -2.76. The second kappa shape index (κ2) is 5.26. The van der Waals surface area contributed by atoms with Gasteiger partial charge in [-0.05, 0) is 24.3 Å². The van der Waals surface area contributed by atoms with Gasteiger partial charge in [-0.1, -0.05) is 12.1 Å². The summed E-state index contributed by atoms with van der Waals surface area (Å²) in [7, 11) is 1.57. The fourth-order valence-corrected chi connectivity index (χ4v) is 1.70. The molecule has 0 atom stereocenters. The first-order chi connectivity index (χ1) is 9.11. The summed E-state index contributed by atoms with van der Waals surface area (Å²) in [6.45, 7) is 0. The van der Waals surface area contributed by atoms with Gasteiger partial charge < -0.3 is 15.8 Å². The Labute approximate surface area is 110 Å². The van der Waals surface area contributed by atoms with E-state index in [4.69, 9.17) is 10.5 Å². The van der Waals surface area contributed by atoms with Gasteiger partial charge in [0.05, 0.1) is 17.7 Å². The van der Waals surface area contributed by atoms with E-state index in [0.717, 1.165) is 5.69 Å². The van der Waals surface area contributed by atoms with E-state index in [1.807, 2.05) is 24.3 Å². The molecule has 98 valence electrons. The summed E-state index contributed by atoms with van der Waals surface area (Å²) in [5.41, 5.74) is 7.07. The maximum Gasteiger partial charge on any atom is 0.292 e. The number of hydrogen-bond donors (Lipinski definition) is 2. The molecule has 0 aliphatic rings. The van der Waals surface area contributed by atoms with Crippen molar-refractivity contribution in [2.75, 3.05) is 18.2 Å². The van der Waals surface area contributed by atoms with Gasteiger partial charge in [-0.2, -0.15) is 0 Å². The van der Waals surface area contributed by atoms with Crippen LogP contribution in [0.25, 0.3) is 0 Å². The fourth-order valence-electron chi connectivity index (χ4n) is 1.70. The second-order valence-electron chi connectivity index (χ2n) is 3.86. The van der Waals surface area contributed by atoms with Crippen molar-refractivity contribution in [3.8, 4) is 5.75 Å². The molecule has 0 fully saturated rings. The van der Waals surface area contributed by atoms with E-state index in [-0.39, 0.29) is 11.4 Å². The zero-order valence-corrected chi connectivity index (χ0v) is 10.3. The number of methoxy groups -OCH3 is 1. The highest BCUT2D eigenvalue weighted by atomic mass is 16.6. The molecule has 0 bridgehead atoms. The molecule has 0 unspecified atom stereocenters. The van der Waals surface area contributed by atoms with Crippen LogP contribution in [-0.2, 0) is 0 Å². The van der Waals surface area contributed by atoms with E-state index >= 15 is 0 Å². The molecular weight excluding hydrogens is 246 g/mol. The molecule has 2 aromatic rings. The second-order valence-corrected chi connectivity index (χ2v) is 3.86. The lowest BCUT2D eigenvalue weighted by Crippen LogP contribution is -1.98. The maximum absolute atomic E-state index is 10.7. The Bertz CT molecular complexity index is 614. The summed E-state index contributed by atoms with van der Waals surface area (Å²) in [5, 5.41) is 13.8. The summed E-state index contributed by atoms with van der Waals surface area (Å²) in [5.74, 6) is 0.680. The van der Waals surface area contributed by atoms with E-state index in [9.17, 15) is 10.1 Å². The minimum Gasteiger partial charge on any atom is -0.495 e. The third-order valence-electron chi connectivity index (χ3n) is 2.61. The van der Waals surface area contributed by atoms with E-state index in [1.165, 1.54) is 12.1 Å². The number of rotatable bonds is 4. The Balaban J connectivity index is 2.29. The summed E-state index contributed by atoms with van der Waals surface area (Å²) < 4.78 is 5.21. The number of hydrogen-bond acceptors (Lipinski definition) is 5. The van der Waals surface area contributed by atoms with Crippen LogP contribution in [0.2, 0.25) is 0 Å². The lowest BCUT2D eigenvalue weighted by Gasteiger charge is -2.11. The van der Waals surface area contributed by atoms with Crippen LogP contribution >= 0.6 is 0 Å². The molecule has 0 saturated carbocycles. The van der Waals surface area contributed by atoms with Gasteiger partial charge >= 0.3 is 0 Å². The van der Waals surface area contributed by atoms with Crippen LogP contribution in [0, 0.1) is 10.1 Å². The van der Waals surface area contributed by atoms with Gasteiger partial charge in [0.2, 0.25) is 0 Å². The van der Waals surface area contributed by atoms with E-state index < -0.39 is 4.92 Å². The molecule has 0 spiro atoms. The predicted octanol–water partition coefficient (Wildman–Crippen LogP) is 2.93. The number of nitrogen functional groups attached to an aromatic ring is 1. The number of anilines is 3. The van der Waals surface area contributed by atoms with Crippen LogP contribution in [0.3, 0.4) is 0 Å². The predicted molar refractivity (Wildman–Crippen MR) is 73.8 cm³/mol. The lowest BCUT2D eigenvalue weighted by molar-refractivity contribution is -0.383. The number of nitrogens with two attached hydrogens (primary N) is 1. The zero-order valence-electron chi connectivity index (χ0n) is 10.3. The molecule has 0 amide bonds. The third kappa shape index (κ3) is 2.74. The molecule has 0 aliphatic carbocycles. The summed E-state index contributed by atoms with van der Waals surface area (Å²) >= 11 is 0. The largest absolute Gasteiger partial charge is 0.495 e. The van der Waals surface area contributed by atoms with Crippen LogP contribution in [0.4, 0.5) is 22.7 Å². The van der Waals surface area contributed by atoms with E-state index in [1.54, 1.807) is 13.2 Å². The first-order valence-electron chi connectivity index (χ1n) is 5.56. The molecular formula is C13H13N3O3. The van der Waals surface area contributed by atoms with Gasteiger partial charge in [0, 0.05) is 11.8 Å². The molecule has 6 nitrogen and oxygen atoms in total. The van der Waals surface area contributed by atoms with Gasteiger partial charge in [0.15, 0.2) is 0 Å². The molecule has 3 N–H and O–H groups in total. The Morgan fingerprint density at radius 1 is 1.26 bits per heavy atom. The lowest BCUT2D eigenvalue weighted by atomic mass is 10.2. The van der Waals surface area contributed by atoms with Crippen molar-refractivity contribution in [3.63, 3.8) is 0 Å². The molecule has 19 heavy (non-hydrogen) atoms. The number of para-hydroxylation sites is 2. The summed E-state index contributed by atoms with van der Waals surface area (Å²) in [6.07, 6.45) is 0. The Morgan fingerprint density at radius 3 is 2.63 bits per heavy atom. The van der Waals surface area contributed by atoms with Crippen LogP contribution in [-0.4, -0.2) is 12.0 Å². The van der Waals surface area contributed by atoms with Crippen LogP contribution < -0.4 is 15.8 Å². The zero-order chi connectivity index (χ0) is 13.8. The number of nitro benzene ring substituents is 1. The fraction of sp³-hybridized carbons (Fsp3) is 0.0769. The molecule has 0 aromatic heterocycles. The number of nitrogens with one attached hydrogen (secondary N) is 1. The monoisotopic (exact) mass is 259 g/mol. The van der Waals surface area contributed by atoms with Gasteiger partial charge in [-0.15, -0.1) is 0 Å². The van der Waals surface area contributed by atoms with Gasteiger partial charge in [0.1, 0.15) is 11.4 Å². The van der Waals surface area contributed by atoms with E-state index in [0.29, 0.717) is 11.4 Å². The number of ether oxygens (including phenoxy) is 1. The standard InChI is InChI=1S/C13H13N3O3/c1-19-13-5-3-2-4-11(13)15-9-6-7-12(16(17)18)10(14)8-9/h2-8,15H,14H2,1H3. The summed E-state index contributed by atoms with van der Waals surface area (Å²) in [6, 6.07) is 11.9. The average molecular weight is 259 g/mol. The highest BCUT2D eigenvalue weighted by Crippen LogP contribution is 2.30. The minimum atomic E-state index is -0.512. The van der Waals surface area contributed by atoms with Crippen molar-refractivity contribution in [2.24, 2.45) is 0 Å². The summed E-state index contributed by atoms with van der Waals surface area (Å²) in [4.78, 5) is 10.2. The molecule has 2 aromatic carbocycles. The maximum atomic E-state index is 10.7. The highest BCUT2D eigenvalue weighted by molar-refractivity contribution is 5.72. The first-order valence-corrected chi connectivity index (χ1v) is 5.56. The molecule has 0 aliphatic heterocycles. The van der Waals surface area contributed by atoms with Crippen LogP contribution in [0.5, 0.6) is 5.75 Å². The topological polar surface area (TPSA) is 90.4 Å². The van der Waals surface area contributed by atoms with E-state index in [2.05, 4.69) is 5.32 Å². The molecule has 0 heterocycles. The first kappa shape index (κ1) is 12.7. The van der Waals surface area contributed by atoms with Crippen molar-refractivity contribution in [2.45, 2.75) is 0 Å². The van der Waals surface area contributed by atoms with Crippen molar-refractivity contribution in [3.05, 3.63) is 52.6 Å². The minimum absolute atomic E-state index is 0.106. The Kier molecular flexibility index (Phi) is 3.51. The van der Waals surface area contributed by atoms with Crippen molar-refractivity contribution >= 4 is 22.7 Å². The molecule has 2 rings (SSSR count). The normalized spacial score (nSPS) is 9.95. The van der Waals surface area contributed by atoms with Crippen molar-refractivity contribution in [1.82, 2.24) is 0 Å². The SMILES string of the molecule is COc1ccccc1Nc1ccc([N+](=O)[O-])c(N)c1. The molecule has 0 radical (unpaired) electrons. The smallest absolute Gasteiger partial charge is 0.292 e. The van der Waals surface area contributed by atoms with Gasteiger partial charge in [-0.25, -0.2) is 0 Å². The molecule has 6 heteroatoms. The number of nitrogens with zero attached hydrogens (tertiary/aromatic N) is 1. The van der Waals surface area contributed by atoms with Gasteiger partial charge in [0.25, 0.3) is 5.69 Å². The number of benzene rings is 2. The average Bonchev–Trinajstić information content (AvgIpc) is 2.39. The van der Waals surface area contributed by atoms with Crippen molar-refractivity contribution in [1.29, 1.82) is 0 Å². The Morgan fingerprint density at radius 2 is 2.00 bits per heavy atom. The van der Waals surface area contributed by atoms with Gasteiger partial charge in [-0.3, -0.25) is 10.1 Å². The van der Waals surface area contributed by atoms with Crippen LogP contribution in [0.1, 0.15) is 0 Å². The van der Waals surface area contributed by atoms with Crippen molar-refractivity contribution < 1.29 is 9.66 Å². The quantitative estimate of drug-likeness (QED) is 0.500. The molecule has 0 saturated heterocycles.